The largest absolute Gasteiger partial charge is 0.497 e. The standard InChI is InChI=1S/C20H25N3O5S/c1-21(2)20(24)22-13-14-23(19(22)15-5-7-16(27-3)8-6-15)29(25,26)18-11-9-17(28-4)10-12-18/h5-12,19H,13-14H2,1-4H3/t19-/m1/s1. The van der Waals surface area contributed by atoms with Gasteiger partial charge in [-0.2, -0.15) is 4.31 Å². The van der Waals surface area contributed by atoms with Gasteiger partial charge in [-0.05, 0) is 42.0 Å². The first-order valence-corrected chi connectivity index (χ1v) is 10.5. The molecule has 8 nitrogen and oxygen atoms in total. The summed E-state index contributed by atoms with van der Waals surface area (Å²) in [6, 6.07) is 13.0. The number of amides is 2. The Hall–Kier alpha value is -2.78. The Kier molecular flexibility index (Phi) is 5.99. The lowest BCUT2D eigenvalue weighted by Crippen LogP contribution is -2.42. The van der Waals surface area contributed by atoms with E-state index in [-0.39, 0.29) is 17.5 Å². The minimum atomic E-state index is -3.83. The summed E-state index contributed by atoms with van der Waals surface area (Å²) >= 11 is 0. The first kappa shape index (κ1) is 20.9. The number of urea groups is 1. The van der Waals surface area contributed by atoms with E-state index in [4.69, 9.17) is 9.47 Å². The van der Waals surface area contributed by atoms with Crippen molar-refractivity contribution in [2.45, 2.75) is 11.1 Å². The second kappa shape index (κ2) is 8.30. The molecular weight excluding hydrogens is 394 g/mol. The smallest absolute Gasteiger partial charge is 0.321 e. The van der Waals surface area contributed by atoms with Crippen LogP contribution in [-0.2, 0) is 10.0 Å². The molecule has 1 aliphatic heterocycles. The first-order valence-electron chi connectivity index (χ1n) is 9.07. The van der Waals surface area contributed by atoms with Crippen LogP contribution in [0.15, 0.2) is 53.4 Å². The van der Waals surface area contributed by atoms with E-state index >= 15 is 0 Å². The summed E-state index contributed by atoms with van der Waals surface area (Å²) < 4.78 is 38.4. The lowest BCUT2D eigenvalue weighted by atomic mass is 10.1. The molecule has 3 rings (SSSR count). The van der Waals surface area contributed by atoms with Gasteiger partial charge >= 0.3 is 6.03 Å². The molecule has 1 fully saturated rings. The van der Waals surface area contributed by atoms with E-state index < -0.39 is 16.2 Å². The SMILES string of the molecule is COc1ccc([C@@H]2N(C(=O)N(C)C)CCN2S(=O)(=O)c2ccc(OC)cc2)cc1. The second-order valence-electron chi connectivity index (χ2n) is 6.81. The number of nitrogens with zero attached hydrogens (tertiary/aromatic N) is 3. The fraction of sp³-hybridized carbons (Fsp3) is 0.350. The summed E-state index contributed by atoms with van der Waals surface area (Å²) in [5, 5.41) is 0. The Labute approximate surface area is 171 Å². The number of carbonyl (C=O) groups is 1. The van der Waals surface area contributed by atoms with E-state index in [1.54, 1.807) is 62.5 Å². The van der Waals surface area contributed by atoms with E-state index in [0.29, 0.717) is 23.6 Å². The van der Waals surface area contributed by atoms with Gasteiger partial charge in [0.1, 0.15) is 17.7 Å². The molecule has 0 spiro atoms. The Balaban J connectivity index is 2.03. The number of hydrogen-bond acceptors (Lipinski definition) is 5. The Bertz CT molecular complexity index is 959. The van der Waals surface area contributed by atoms with Gasteiger partial charge in [-0.25, -0.2) is 13.2 Å². The minimum Gasteiger partial charge on any atom is -0.497 e. The van der Waals surface area contributed by atoms with Crippen molar-refractivity contribution >= 4 is 16.1 Å². The molecule has 2 amide bonds. The molecule has 0 aliphatic carbocycles. The van der Waals surface area contributed by atoms with Crippen LogP contribution in [0.1, 0.15) is 11.7 Å². The van der Waals surface area contributed by atoms with Crippen molar-refractivity contribution in [3.63, 3.8) is 0 Å². The van der Waals surface area contributed by atoms with Crippen molar-refractivity contribution in [3.8, 4) is 11.5 Å². The van der Waals surface area contributed by atoms with Crippen LogP contribution in [-0.4, -0.2) is 70.0 Å². The predicted molar refractivity (Wildman–Crippen MR) is 108 cm³/mol. The number of hydrogen-bond donors (Lipinski definition) is 0. The third-order valence-corrected chi connectivity index (χ3v) is 6.71. The molecule has 1 heterocycles. The molecule has 0 radical (unpaired) electrons. The van der Waals surface area contributed by atoms with Crippen molar-refractivity contribution in [2.75, 3.05) is 41.4 Å². The van der Waals surface area contributed by atoms with Gasteiger partial charge in [-0.15, -0.1) is 0 Å². The number of benzene rings is 2. The van der Waals surface area contributed by atoms with Crippen LogP contribution < -0.4 is 9.47 Å². The second-order valence-corrected chi connectivity index (χ2v) is 8.70. The van der Waals surface area contributed by atoms with Crippen LogP contribution in [0.2, 0.25) is 0 Å². The summed E-state index contributed by atoms with van der Waals surface area (Å²) in [6.07, 6.45) is -0.747. The number of rotatable bonds is 5. The maximum Gasteiger partial charge on any atom is 0.321 e. The fourth-order valence-electron chi connectivity index (χ4n) is 3.32. The monoisotopic (exact) mass is 419 g/mol. The molecule has 1 saturated heterocycles. The predicted octanol–water partition coefficient (Wildman–Crippen LogP) is 2.39. The van der Waals surface area contributed by atoms with Crippen molar-refractivity contribution in [1.29, 1.82) is 0 Å². The van der Waals surface area contributed by atoms with E-state index in [1.165, 1.54) is 28.4 Å². The summed E-state index contributed by atoms with van der Waals surface area (Å²) in [5.74, 6) is 1.23. The molecule has 29 heavy (non-hydrogen) atoms. The topological polar surface area (TPSA) is 79.4 Å². The minimum absolute atomic E-state index is 0.149. The maximum absolute atomic E-state index is 13.4. The van der Waals surface area contributed by atoms with Gasteiger partial charge in [0, 0.05) is 27.2 Å². The lowest BCUT2D eigenvalue weighted by molar-refractivity contribution is 0.151. The molecule has 0 saturated carbocycles. The molecular formula is C20H25N3O5S. The van der Waals surface area contributed by atoms with Crippen molar-refractivity contribution in [3.05, 3.63) is 54.1 Å². The number of methoxy groups -OCH3 is 2. The summed E-state index contributed by atoms with van der Waals surface area (Å²) in [5.41, 5.74) is 0.690. The van der Waals surface area contributed by atoms with Gasteiger partial charge in [-0.3, -0.25) is 0 Å². The van der Waals surface area contributed by atoms with Crippen LogP contribution in [0.3, 0.4) is 0 Å². The summed E-state index contributed by atoms with van der Waals surface area (Å²) in [7, 11) is 2.54. The quantitative estimate of drug-likeness (QED) is 0.744. The van der Waals surface area contributed by atoms with Gasteiger partial charge < -0.3 is 19.3 Å². The molecule has 9 heteroatoms. The van der Waals surface area contributed by atoms with Crippen LogP contribution >= 0.6 is 0 Å². The van der Waals surface area contributed by atoms with E-state index in [2.05, 4.69) is 0 Å². The zero-order valence-electron chi connectivity index (χ0n) is 16.9. The van der Waals surface area contributed by atoms with Gasteiger partial charge in [0.05, 0.1) is 19.1 Å². The Morgan fingerprint density at radius 2 is 1.45 bits per heavy atom. The highest BCUT2D eigenvalue weighted by atomic mass is 32.2. The van der Waals surface area contributed by atoms with Crippen molar-refractivity contribution < 1.29 is 22.7 Å². The molecule has 0 N–H and O–H groups in total. The molecule has 0 bridgehead atoms. The summed E-state index contributed by atoms with van der Waals surface area (Å²) in [6.45, 7) is 0.494. The molecule has 1 atom stereocenters. The maximum atomic E-state index is 13.4. The van der Waals surface area contributed by atoms with Crippen LogP contribution in [0.4, 0.5) is 4.79 Å². The molecule has 0 aromatic heterocycles. The van der Waals surface area contributed by atoms with Gasteiger partial charge in [0.2, 0.25) is 10.0 Å². The first-order chi connectivity index (χ1) is 13.8. The van der Waals surface area contributed by atoms with Crippen molar-refractivity contribution in [2.24, 2.45) is 0 Å². The van der Waals surface area contributed by atoms with Gasteiger partial charge in [0.25, 0.3) is 0 Å². The normalized spacial score (nSPS) is 17.2. The van der Waals surface area contributed by atoms with E-state index in [1.807, 2.05) is 0 Å². The molecule has 156 valence electrons. The molecule has 1 aliphatic rings. The Morgan fingerprint density at radius 3 is 1.93 bits per heavy atom. The molecule has 0 unspecified atom stereocenters. The molecule has 2 aromatic carbocycles. The summed E-state index contributed by atoms with van der Waals surface area (Å²) in [4.78, 5) is 15.9. The van der Waals surface area contributed by atoms with Crippen LogP contribution in [0.25, 0.3) is 0 Å². The third-order valence-electron chi connectivity index (χ3n) is 4.84. The lowest BCUT2D eigenvalue weighted by Gasteiger charge is -2.31. The number of carbonyl (C=O) groups excluding carboxylic acids is 1. The van der Waals surface area contributed by atoms with E-state index in [9.17, 15) is 13.2 Å². The van der Waals surface area contributed by atoms with Crippen molar-refractivity contribution in [1.82, 2.24) is 14.1 Å². The number of sulfonamides is 1. The average molecular weight is 420 g/mol. The fourth-order valence-corrected chi connectivity index (χ4v) is 4.89. The highest BCUT2D eigenvalue weighted by molar-refractivity contribution is 7.89. The molecule has 2 aromatic rings. The highest BCUT2D eigenvalue weighted by Gasteiger charge is 2.43. The van der Waals surface area contributed by atoms with Gasteiger partial charge in [-0.1, -0.05) is 12.1 Å². The zero-order chi connectivity index (χ0) is 21.2. The van der Waals surface area contributed by atoms with E-state index in [0.717, 1.165) is 0 Å². The van der Waals surface area contributed by atoms with Crippen LogP contribution in [0.5, 0.6) is 11.5 Å². The highest BCUT2D eigenvalue weighted by Crippen LogP contribution is 2.36. The van der Waals surface area contributed by atoms with Gasteiger partial charge in [0.15, 0.2) is 0 Å². The average Bonchev–Trinajstić information content (AvgIpc) is 3.19. The van der Waals surface area contributed by atoms with Crippen LogP contribution in [0, 0.1) is 0 Å². The Morgan fingerprint density at radius 1 is 0.931 bits per heavy atom. The zero-order valence-corrected chi connectivity index (χ0v) is 17.7. The third kappa shape index (κ3) is 4.01. The number of ether oxygens (including phenoxy) is 2.